The van der Waals surface area contributed by atoms with Gasteiger partial charge in [0.2, 0.25) is 0 Å². The van der Waals surface area contributed by atoms with E-state index in [9.17, 15) is 9.90 Å². The third-order valence-electron chi connectivity index (χ3n) is 2.49. The van der Waals surface area contributed by atoms with Crippen LogP contribution in [-0.4, -0.2) is 48.5 Å². The number of amides is 1. The second-order valence-electron chi connectivity index (χ2n) is 5.21. The molecule has 0 aliphatic carbocycles. The number of β-amino-alcohol motifs (C(OH)–C–C–N with tert-alkyl or cyclic N) is 1. The Morgan fingerprint density at radius 3 is 2.50 bits per heavy atom. The molecule has 1 aliphatic heterocycles. The number of carboxylic acid groups (broad SMARTS) is 1. The van der Waals surface area contributed by atoms with Crippen LogP contribution in [-0.2, 0) is 0 Å². The van der Waals surface area contributed by atoms with Crippen molar-refractivity contribution in [2.75, 3.05) is 13.1 Å². The average molecular weight is 241 g/mol. The van der Waals surface area contributed by atoms with E-state index >= 15 is 0 Å². The Bertz CT molecular complexity index is 326. The molecule has 0 aromatic heterocycles. The first-order valence-corrected chi connectivity index (χ1v) is 8.98. The Morgan fingerprint density at radius 2 is 2.06 bits per heavy atom. The molecule has 5 heteroatoms. The molecule has 0 unspecified atom stereocenters. The first kappa shape index (κ1) is 13.1. The number of carbonyl (C=O) groups is 1. The molecule has 0 radical (unpaired) electrons. The lowest BCUT2D eigenvalue weighted by Crippen LogP contribution is -2.45. The Morgan fingerprint density at radius 1 is 1.44 bits per heavy atom. The van der Waals surface area contributed by atoms with Gasteiger partial charge in [-0.25, -0.2) is 4.79 Å². The van der Waals surface area contributed by atoms with E-state index in [-0.39, 0.29) is 12.5 Å². The van der Waals surface area contributed by atoms with Crippen LogP contribution in [0.25, 0.3) is 0 Å². The van der Waals surface area contributed by atoms with Gasteiger partial charge < -0.3 is 15.1 Å². The fraction of sp³-hybridized carbons (Fsp3) is 0.727. The van der Waals surface area contributed by atoms with Crippen LogP contribution >= 0.6 is 0 Å². The molecule has 0 aromatic carbocycles. The fourth-order valence-corrected chi connectivity index (χ4v) is 2.20. The highest BCUT2D eigenvalue weighted by Gasteiger charge is 2.28. The van der Waals surface area contributed by atoms with Gasteiger partial charge in [0.1, 0.15) is 8.07 Å². The molecule has 0 bridgehead atoms. The second kappa shape index (κ2) is 4.89. The zero-order chi connectivity index (χ0) is 12.3. The molecule has 1 saturated heterocycles. The van der Waals surface area contributed by atoms with Crippen molar-refractivity contribution < 1.29 is 15.0 Å². The summed E-state index contributed by atoms with van der Waals surface area (Å²) < 4.78 is 0. The maximum absolute atomic E-state index is 10.7. The van der Waals surface area contributed by atoms with E-state index in [0.717, 1.165) is 0 Å². The maximum Gasteiger partial charge on any atom is 0.407 e. The monoisotopic (exact) mass is 241 g/mol. The summed E-state index contributed by atoms with van der Waals surface area (Å²) in [7, 11) is -1.41. The minimum absolute atomic E-state index is 0.0673. The van der Waals surface area contributed by atoms with Crippen LogP contribution in [0.3, 0.4) is 0 Å². The summed E-state index contributed by atoms with van der Waals surface area (Å²) in [4.78, 5) is 12.0. The maximum atomic E-state index is 10.7. The number of likely N-dealkylation sites (tertiary alicyclic amines) is 1. The predicted octanol–water partition coefficient (Wildman–Crippen LogP) is 1.23. The predicted molar refractivity (Wildman–Crippen MR) is 64.8 cm³/mol. The lowest BCUT2D eigenvalue weighted by Gasteiger charge is -2.31. The van der Waals surface area contributed by atoms with Crippen molar-refractivity contribution in [1.29, 1.82) is 0 Å². The molecule has 1 rings (SSSR count). The Balaban J connectivity index is 2.60. The fourth-order valence-electron chi connectivity index (χ4n) is 1.58. The van der Waals surface area contributed by atoms with Gasteiger partial charge in [0.05, 0.1) is 12.6 Å². The van der Waals surface area contributed by atoms with Gasteiger partial charge in [-0.15, -0.1) is 11.5 Å². The van der Waals surface area contributed by atoms with Gasteiger partial charge in [-0.05, 0) is 6.42 Å². The number of rotatable bonds is 0. The van der Waals surface area contributed by atoms with Crippen molar-refractivity contribution in [1.82, 2.24) is 4.90 Å². The molecule has 90 valence electrons. The lowest BCUT2D eigenvalue weighted by atomic mass is 9.95. The molecule has 1 aliphatic rings. The minimum atomic E-state index is -1.41. The summed E-state index contributed by atoms with van der Waals surface area (Å²) in [6.07, 6.45) is -0.977. The molecule has 0 aromatic rings. The van der Waals surface area contributed by atoms with Crippen molar-refractivity contribution in [2.24, 2.45) is 5.92 Å². The van der Waals surface area contributed by atoms with Crippen molar-refractivity contribution in [3.05, 3.63) is 0 Å². The molecular weight excluding hydrogens is 222 g/mol. The van der Waals surface area contributed by atoms with E-state index in [1.807, 2.05) is 0 Å². The number of piperidine rings is 1. The quantitative estimate of drug-likeness (QED) is 0.495. The molecular formula is C11H19NO3Si. The van der Waals surface area contributed by atoms with Crippen LogP contribution in [0, 0.1) is 17.4 Å². The third-order valence-corrected chi connectivity index (χ3v) is 3.38. The molecule has 4 nitrogen and oxygen atoms in total. The number of hydrogen-bond acceptors (Lipinski definition) is 2. The van der Waals surface area contributed by atoms with Crippen LogP contribution in [0.15, 0.2) is 0 Å². The number of hydrogen-bond donors (Lipinski definition) is 2. The summed E-state index contributed by atoms with van der Waals surface area (Å²) in [6.45, 7) is 7.11. The van der Waals surface area contributed by atoms with E-state index in [4.69, 9.17) is 5.11 Å². The van der Waals surface area contributed by atoms with E-state index in [1.54, 1.807) is 0 Å². The van der Waals surface area contributed by atoms with Crippen LogP contribution in [0.4, 0.5) is 4.79 Å². The molecule has 1 heterocycles. The van der Waals surface area contributed by atoms with Crippen molar-refractivity contribution in [3.8, 4) is 11.5 Å². The Labute approximate surface area is 97.3 Å². The molecule has 1 amide bonds. The standard InChI is InChI=1S/C11H19NO3Si/c1-16(2,3)7-5-9-4-6-12(11(14)15)8-10(9)13/h9-10,13H,4,6,8H2,1-3H3,(H,14,15)/t9-,10+/m0/s1. The Hall–Kier alpha value is -0.993. The highest BCUT2D eigenvalue weighted by atomic mass is 28.3. The molecule has 16 heavy (non-hydrogen) atoms. The van der Waals surface area contributed by atoms with Crippen molar-refractivity contribution in [3.63, 3.8) is 0 Å². The van der Waals surface area contributed by atoms with Crippen LogP contribution in [0.5, 0.6) is 0 Å². The van der Waals surface area contributed by atoms with Gasteiger partial charge in [-0.1, -0.05) is 19.6 Å². The number of aliphatic hydroxyl groups is 1. The summed E-state index contributed by atoms with van der Waals surface area (Å²) in [5, 5.41) is 18.6. The molecule has 0 spiro atoms. The first-order valence-electron chi connectivity index (χ1n) is 5.48. The van der Waals surface area contributed by atoms with Crippen LogP contribution in [0.2, 0.25) is 19.6 Å². The lowest BCUT2D eigenvalue weighted by molar-refractivity contribution is 0.0438. The van der Waals surface area contributed by atoms with Gasteiger partial charge in [0, 0.05) is 12.5 Å². The summed E-state index contributed by atoms with van der Waals surface area (Å²) in [5.74, 6) is 3.05. The normalized spacial score (nSPS) is 25.9. The first-order chi connectivity index (χ1) is 7.29. The molecule has 1 fully saturated rings. The number of aliphatic hydroxyl groups excluding tert-OH is 1. The summed E-state index contributed by atoms with van der Waals surface area (Å²) >= 11 is 0. The van der Waals surface area contributed by atoms with Crippen molar-refractivity contribution in [2.45, 2.75) is 32.2 Å². The summed E-state index contributed by atoms with van der Waals surface area (Å²) in [5.41, 5.74) is 3.23. The topological polar surface area (TPSA) is 60.8 Å². The molecule has 2 atom stereocenters. The van der Waals surface area contributed by atoms with E-state index in [1.165, 1.54) is 4.90 Å². The van der Waals surface area contributed by atoms with Gasteiger partial charge >= 0.3 is 6.09 Å². The highest BCUT2D eigenvalue weighted by Crippen LogP contribution is 2.17. The van der Waals surface area contributed by atoms with Gasteiger partial charge in [0.25, 0.3) is 0 Å². The van der Waals surface area contributed by atoms with Crippen LogP contribution in [0.1, 0.15) is 6.42 Å². The number of nitrogens with zero attached hydrogens (tertiary/aromatic N) is 1. The summed E-state index contributed by atoms with van der Waals surface area (Å²) in [6, 6.07) is 0. The van der Waals surface area contributed by atoms with Gasteiger partial charge in [-0.2, -0.15) is 0 Å². The highest BCUT2D eigenvalue weighted by molar-refractivity contribution is 6.83. The van der Waals surface area contributed by atoms with Gasteiger partial charge in [0.15, 0.2) is 0 Å². The Kier molecular flexibility index (Phi) is 4.00. The molecule has 0 saturated carbocycles. The third kappa shape index (κ3) is 3.87. The average Bonchev–Trinajstić information content (AvgIpc) is 2.14. The SMILES string of the molecule is C[Si](C)(C)C#C[C@@H]1CCN(C(=O)O)C[C@H]1O. The minimum Gasteiger partial charge on any atom is -0.465 e. The van der Waals surface area contributed by atoms with Gasteiger partial charge in [-0.3, -0.25) is 0 Å². The van der Waals surface area contributed by atoms with Crippen molar-refractivity contribution >= 4 is 14.2 Å². The second-order valence-corrected chi connectivity index (χ2v) is 9.96. The van der Waals surface area contributed by atoms with E-state index in [0.29, 0.717) is 13.0 Å². The molecule has 2 N–H and O–H groups in total. The zero-order valence-electron chi connectivity index (χ0n) is 10.0. The zero-order valence-corrected chi connectivity index (χ0v) is 11.0. The van der Waals surface area contributed by atoms with E-state index < -0.39 is 20.3 Å². The smallest absolute Gasteiger partial charge is 0.407 e. The largest absolute Gasteiger partial charge is 0.465 e. The van der Waals surface area contributed by atoms with E-state index in [2.05, 4.69) is 31.1 Å². The van der Waals surface area contributed by atoms with Crippen LogP contribution < -0.4 is 0 Å².